The third-order valence-corrected chi connectivity index (χ3v) is 9.68. The molecule has 5 aromatic carbocycles. The number of carboxylic acid groups (broad SMARTS) is 2. The van der Waals surface area contributed by atoms with Crippen molar-refractivity contribution in [3.63, 3.8) is 0 Å². The van der Waals surface area contributed by atoms with Gasteiger partial charge in [0.05, 0.1) is 23.5 Å². The van der Waals surface area contributed by atoms with Gasteiger partial charge in [-0.25, -0.2) is 18.0 Å². The molecule has 11 heteroatoms. The minimum atomic E-state index is -4.03. The average molecular weight is 665 g/mol. The number of amides is 1. The molecule has 0 atom stereocenters. The number of likely N-dealkylation sites (N-methyl/N-ethyl adjacent to an activating group) is 1. The molecule has 10 nitrogen and oxygen atoms in total. The first-order chi connectivity index (χ1) is 22.8. The summed E-state index contributed by atoms with van der Waals surface area (Å²) >= 11 is 0. The lowest BCUT2D eigenvalue weighted by Crippen LogP contribution is -2.41. The number of aryl methyl sites for hydroxylation is 1. The van der Waals surface area contributed by atoms with E-state index >= 15 is 0 Å². The Hall–Kier alpha value is -5.78. The molecule has 0 aliphatic rings. The van der Waals surface area contributed by atoms with Gasteiger partial charge < -0.3 is 20.2 Å². The molecule has 48 heavy (non-hydrogen) atoms. The summed E-state index contributed by atoms with van der Waals surface area (Å²) in [5, 5.41) is 29.3. The van der Waals surface area contributed by atoms with Crippen LogP contribution in [0.2, 0.25) is 0 Å². The second kappa shape index (κ2) is 13.9. The fraction of sp³-hybridized carbons (Fsp3) is 0.108. The van der Waals surface area contributed by atoms with Crippen LogP contribution in [0, 0.1) is 6.92 Å². The largest absolute Gasteiger partial charge is 0.507 e. The van der Waals surface area contributed by atoms with Crippen LogP contribution in [0.4, 0.5) is 5.69 Å². The number of aromatic carboxylic acids is 2. The van der Waals surface area contributed by atoms with Crippen molar-refractivity contribution < 1.29 is 38.1 Å². The first kappa shape index (κ1) is 33.6. The molecule has 5 rings (SSSR count). The number of nitrogens with zero attached hydrogens (tertiary/aromatic N) is 2. The minimum absolute atomic E-state index is 0.0258. The number of carbonyl (C=O) groups is 3. The van der Waals surface area contributed by atoms with Crippen molar-refractivity contribution in [2.75, 3.05) is 18.5 Å². The number of phenols is 1. The van der Waals surface area contributed by atoms with Gasteiger partial charge in [0.1, 0.15) is 11.3 Å². The van der Waals surface area contributed by atoms with Crippen LogP contribution in [-0.2, 0) is 21.4 Å². The van der Waals surface area contributed by atoms with Crippen LogP contribution in [0.25, 0.3) is 22.3 Å². The van der Waals surface area contributed by atoms with E-state index in [1.165, 1.54) is 48.3 Å². The molecular formula is C37H32N2O8S. The zero-order valence-corrected chi connectivity index (χ0v) is 26.9. The summed E-state index contributed by atoms with van der Waals surface area (Å²) in [6, 6.07) is 31.5. The molecule has 1 amide bonds. The van der Waals surface area contributed by atoms with E-state index in [-0.39, 0.29) is 28.3 Å². The molecule has 3 N–H and O–H groups in total. The zero-order valence-electron chi connectivity index (χ0n) is 26.1. The molecule has 0 saturated heterocycles. The van der Waals surface area contributed by atoms with Crippen molar-refractivity contribution in [3.8, 4) is 28.0 Å². The number of carbonyl (C=O) groups excluding carboxylic acids is 1. The van der Waals surface area contributed by atoms with Crippen molar-refractivity contribution in [3.05, 3.63) is 138 Å². The second-order valence-electron chi connectivity index (χ2n) is 11.2. The summed E-state index contributed by atoms with van der Waals surface area (Å²) in [4.78, 5) is 38.2. The van der Waals surface area contributed by atoms with E-state index in [9.17, 15) is 38.1 Å². The van der Waals surface area contributed by atoms with Gasteiger partial charge in [0.15, 0.2) is 0 Å². The molecule has 0 spiro atoms. The predicted octanol–water partition coefficient (Wildman–Crippen LogP) is 6.28. The Morgan fingerprint density at radius 1 is 0.708 bits per heavy atom. The highest BCUT2D eigenvalue weighted by atomic mass is 32.2. The van der Waals surface area contributed by atoms with Crippen molar-refractivity contribution in [2.24, 2.45) is 0 Å². The molecule has 0 heterocycles. The maximum Gasteiger partial charge on any atom is 0.339 e. The van der Waals surface area contributed by atoms with E-state index in [4.69, 9.17) is 0 Å². The summed E-state index contributed by atoms with van der Waals surface area (Å²) in [6.07, 6.45) is 0. The molecule has 0 aromatic heterocycles. The van der Waals surface area contributed by atoms with E-state index < -0.39 is 40.2 Å². The molecule has 0 aliphatic heterocycles. The Morgan fingerprint density at radius 2 is 1.35 bits per heavy atom. The molecule has 0 aliphatic carbocycles. The number of aromatic hydroxyl groups is 1. The van der Waals surface area contributed by atoms with Gasteiger partial charge in [-0.15, -0.1) is 0 Å². The lowest BCUT2D eigenvalue weighted by molar-refractivity contribution is -0.118. The van der Waals surface area contributed by atoms with E-state index in [0.717, 1.165) is 38.2 Å². The fourth-order valence-electron chi connectivity index (χ4n) is 5.22. The highest BCUT2D eigenvalue weighted by Crippen LogP contribution is 2.34. The van der Waals surface area contributed by atoms with E-state index in [1.807, 2.05) is 49.4 Å². The monoisotopic (exact) mass is 664 g/mol. The third-order valence-electron chi connectivity index (χ3n) is 7.86. The third kappa shape index (κ3) is 7.27. The maximum atomic E-state index is 13.9. The Balaban J connectivity index is 1.54. The minimum Gasteiger partial charge on any atom is -0.507 e. The highest BCUT2D eigenvalue weighted by Gasteiger charge is 2.27. The molecule has 0 saturated carbocycles. The summed E-state index contributed by atoms with van der Waals surface area (Å²) < 4.78 is 27.6. The van der Waals surface area contributed by atoms with Gasteiger partial charge in [-0.1, -0.05) is 72.3 Å². The van der Waals surface area contributed by atoms with Crippen LogP contribution in [0.5, 0.6) is 5.75 Å². The topological polar surface area (TPSA) is 153 Å². The Kier molecular flexibility index (Phi) is 9.74. The Morgan fingerprint density at radius 3 is 1.96 bits per heavy atom. The van der Waals surface area contributed by atoms with Crippen LogP contribution in [-0.4, -0.2) is 59.5 Å². The van der Waals surface area contributed by atoms with Crippen LogP contribution >= 0.6 is 0 Å². The zero-order chi connectivity index (χ0) is 34.6. The molecule has 244 valence electrons. The number of carboxylic acids is 2. The molecule has 0 fully saturated rings. The van der Waals surface area contributed by atoms with Gasteiger partial charge in [-0.3, -0.25) is 4.79 Å². The Bertz CT molecular complexity index is 2100. The summed E-state index contributed by atoms with van der Waals surface area (Å²) in [7, 11) is -2.73. The van der Waals surface area contributed by atoms with Crippen molar-refractivity contribution in [2.45, 2.75) is 18.4 Å². The lowest BCUT2D eigenvalue weighted by Gasteiger charge is -2.26. The smallest absolute Gasteiger partial charge is 0.339 e. The standard InChI is InChI=1S/C37H32N2O8S/c1-24-8-16-30(17-9-24)48(46,47)38(2)23-35(41)39(29-15-19-32(37(44)45)34(40)21-29)22-25-10-18-31(27-11-13-28(14-12-27)36(42)43)33(20-25)26-6-4-3-5-7-26/h3-21,40H,22-23H2,1-2H3,(H,42,43)(H,44,45). The summed E-state index contributed by atoms with van der Waals surface area (Å²) in [5.41, 5.74) is 4.74. The molecular weight excluding hydrogens is 632 g/mol. The van der Waals surface area contributed by atoms with Crippen molar-refractivity contribution >= 4 is 33.6 Å². The normalized spacial score (nSPS) is 11.3. The average Bonchev–Trinajstić information content (AvgIpc) is 3.07. The van der Waals surface area contributed by atoms with Crippen molar-refractivity contribution in [1.29, 1.82) is 0 Å². The molecule has 0 unspecified atom stereocenters. The van der Waals surface area contributed by atoms with Crippen LogP contribution < -0.4 is 4.90 Å². The number of benzene rings is 5. The highest BCUT2D eigenvalue weighted by molar-refractivity contribution is 7.89. The van der Waals surface area contributed by atoms with E-state index in [0.29, 0.717) is 5.56 Å². The van der Waals surface area contributed by atoms with Gasteiger partial charge >= 0.3 is 11.9 Å². The number of sulfonamides is 1. The number of hydrogen-bond acceptors (Lipinski definition) is 6. The van der Waals surface area contributed by atoms with Gasteiger partial charge in [0.2, 0.25) is 15.9 Å². The SMILES string of the molecule is Cc1ccc(S(=O)(=O)N(C)CC(=O)N(Cc2ccc(-c3ccc(C(=O)O)cc3)c(-c3ccccc3)c2)c2ccc(C(=O)O)c(O)c2)cc1. The van der Waals surface area contributed by atoms with Crippen LogP contribution in [0.15, 0.2) is 120 Å². The van der Waals surface area contributed by atoms with Crippen molar-refractivity contribution in [1.82, 2.24) is 4.31 Å². The van der Waals surface area contributed by atoms with Gasteiger partial charge in [-0.05, 0) is 77.2 Å². The van der Waals surface area contributed by atoms with Crippen LogP contribution in [0.1, 0.15) is 31.8 Å². The summed E-state index contributed by atoms with van der Waals surface area (Å²) in [5.74, 6) is -3.56. The quantitative estimate of drug-likeness (QED) is 0.149. The second-order valence-corrected chi connectivity index (χ2v) is 13.2. The van der Waals surface area contributed by atoms with Gasteiger partial charge in [-0.2, -0.15) is 4.31 Å². The first-order valence-corrected chi connectivity index (χ1v) is 16.2. The molecule has 5 aromatic rings. The van der Waals surface area contributed by atoms with Gasteiger partial charge in [0.25, 0.3) is 0 Å². The lowest BCUT2D eigenvalue weighted by atomic mass is 9.92. The number of rotatable bonds is 11. The first-order valence-electron chi connectivity index (χ1n) is 14.8. The maximum absolute atomic E-state index is 13.9. The van der Waals surface area contributed by atoms with Gasteiger partial charge in [0, 0.05) is 18.8 Å². The molecule has 0 radical (unpaired) electrons. The molecule has 0 bridgehead atoms. The predicted molar refractivity (Wildman–Crippen MR) is 182 cm³/mol. The Labute approximate surface area is 277 Å². The fourth-order valence-corrected chi connectivity index (χ4v) is 6.34. The van der Waals surface area contributed by atoms with Crippen LogP contribution in [0.3, 0.4) is 0 Å². The number of hydrogen-bond donors (Lipinski definition) is 3. The van der Waals surface area contributed by atoms with E-state index in [1.54, 1.807) is 30.3 Å². The van der Waals surface area contributed by atoms with E-state index in [2.05, 4.69) is 0 Å². The number of anilines is 1. The summed E-state index contributed by atoms with van der Waals surface area (Å²) in [6.45, 7) is 1.23.